The quantitative estimate of drug-likeness (QED) is 0.608. The zero-order valence-electron chi connectivity index (χ0n) is 8.17. The van der Waals surface area contributed by atoms with Crippen LogP contribution in [0.15, 0.2) is 36.0 Å². The van der Waals surface area contributed by atoms with E-state index < -0.39 is 10.0 Å². The van der Waals surface area contributed by atoms with Gasteiger partial charge in [0.25, 0.3) is 0 Å². The van der Waals surface area contributed by atoms with E-state index in [1.807, 2.05) is 6.07 Å². The predicted octanol–water partition coefficient (Wildman–Crippen LogP) is 0.776. The van der Waals surface area contributed by atoms with Gasteiger partial charge in [-0.3, -0.25) is 9.52 Å². The van der Waals surface area contributed by atoms with Gasteiger partial charge in [0.1, 0.15) is 0 Å². The van der Waals surface area contributed by atoms with Crippen molar-refractivity contribution in [2.45, 2.75) is 0 Å². The van der Waals surface area contributed by atoms with Gasteiger partial charge in [-0.05, 0) is 11.6 Å². The van der Waals surface area contributed by atoms with E-state index in [-0.39, 0.29) is 5.70 Å². The first kappa shape index (κ1) is 11.5. The normalized spacial score (nSPS) is 12.2. The van der Waals surface area contributed by atoms with Crippen LogP contribution >= 0.6 is 0 Å². The predicted molar refractivity (Wildman–Crippen MR) is 58.5 cm³/mol. The molecule has 1 N–H and O–H groups in total. The van der Waals surface area contributed by atoms with Crippen molar-refractivity contribution in [1.29, 1.82) is 0 Å². The molecule has 4 nitrogen and oxygen atoms in total. The maximum Gasteiger partial charge on any atom is 0.229 e. The lowest BCUT2D eigenvalue weighted by atomic mass is 10.2. The van der Waals surface area contributed by atoms with Crippen LogP contribution < -0.4 is 4.72 Å². The zero-order valence-corrected chi connectivity index (χ0v) is 8.99. The molecule has 0 aliphatic rings. The van der Waals surface area contributed by atoms with Crippen molar-refractivity contribution in [3.63, 3.8) is 0 Å². The minimum atomic E-state index is -3.41. The van der Waals surface area contributed by atoms with E-state index in [2.05, 4.69) is 4.72 Å². The summed E-state index contributed by atoms with van der Waals surface area (Å²) in [4.78, 5) is 10.6. The van der Waals surface area contributed by atoms with Gasteiger partial charge in [-0.2, -0.15) is 0 Å². The van der Waals surface area contributed by atoms with Crippen molar-refractivity contribution in [3.8, 4) is 0 Å². The van der Waals surface area contributed by atoms with E-state index in [4.69, 9.17) is 0 Å². The van der Waals surface area contributed by atoms with Crippen molar-refractivity contribution in [2.75, 3.05) is 6.26 Å². The summed E-state index contributed by atoms with van der Waals surface area (Å²) >= 11 is 0. The SMILES string of the molecule is CS(=O)(=O)NC(C=O)=Cc1ccccc1. The number of rotatable bonds is 4. The van der Waals surface area contributed by atoms with Crippen molar-refractivity contribution < 1.29 is 13.2 Å². The molecular weight excluding hydrogens is 214 g/mol. The molecule has 0 fully saturated rings. The van der Waals surface area contributed by atoms with E-state index in [1.165, 1.54) is 6.08 Å². The molecule has 0 amide bonds. The van der Waals surface area contributed by atoms with Gasteiger partial charge in [0.2, 0.25) is 10.0 Å². The molecule has 0 unspecified atom stereocenters. The second-order valence-electron chi connectivity index (χ2n) is 3.00. The highest BCUT2D eigenvalue weighted by Crippen LogP contribution is 2.03. The Morgan fingerprint density at radius 3 is 2.33 bits per heavy atom. The number of benzene rings is 1. The maximum atomic E-state index is 10.9. The summed E-state index contributed by atoms with van der Waals surface area (Å²) in [5.74, 6) is 0. The molecular formula is C10H11NO3S. The average Bonchev–Trinajstić information content (AvgIpc) is 2.16. The fourth-order valence-corrected chi connectivity index (χ4v) is 1.57. The van der Waals surface area contributed by atoms with Gasteiger partial charge in [0, 0.05) is 0 Å². The van der Waals surface area contributed by atoms with Crippen LogP contribution in [-0.2, 0) is 14.8 Å². The van der Waals surface area contributed by atoms with Crippen LogP contribution in [-0.4, -0.2) is 21.0 Å². The van der Waals surface area contributed by atoms with Gasteiger partial charge in [0.05, 0.1) is 12.0 Å². The van der Waals surface area contributed by atoms with E-state index in [9.17, 15) is 13.2 Å². The standard InChI is InChI=1S/C10H11NO3S/c1-15(13,14)11-10(8-12)7-9-5-3-2-4-6-9/h2-8,11H,1H3. The molecule has 0 heterocycles. The Kier molecular flexibility index (Phi) is 3.62. The number of aldehydes is 1. The van der Waals surface area contributed by atoms with E-state index in [0.29, 0.717) is 6.29 Å². The maximum absolute atomic E-state index is 10.9. The first-order valence-corrected chi connectivity index (χ1v) is 6.10. The Labute approximate surface area is 88.7 Å². The van der Waals surface area contributed by atoms with Crippen LogP contribution in [0.4, 0.5) is 0 Å². The van der Waals surface area contributed by atoms with Crippen molar-refractivity contribution in [1.82, 2.24) is 4.72 Å². The van der Waals surface area contributed by atoms with Crippen LogP contribution in [0.25, 0.3) is 6.08 Å². The van der Waals surface area contributed by atoms with Gasteiger partial charge >= 0.3 is 0 Å². The van der Waals surface area contributed by atoms with Crippen LogP contribution in [0.1, 0.15) is 5.56 Å². The average molecular weight is 225 g/mol. The molecule has 1 rings (SSSR count). The van der Waals surface area contributed by atoms with Crippen LogP contribution in [0, 0.1) is 0 Å². The molecule has 0 atom stereocenters. The fourth-order valence-electron chi connectivity index (χ4n) is 1.03. The molecule has 0 saturated heterocycles. The van der Waals surface area contributed by atoms with Gasteiger partial charge in [-0.15, -0.1) is 0 Å². The third kappa shape index (κ3) is 4.42. The number of hydrogen-bond acceptors (Lipinski definition) is 3. The number of hydrogen-bond donors (Lipinski definition) is 1. The van der Waals surface area contributed by atoms with Gasteiger partial charge in [-0.25, -0.2) is 8.42 Å². The number of carbonyl (C=O) groups is 1. The minimum Gasteiger partial charge on any atom is -0.296 e. The van der Waals surface area contributed by atoms with Gasteiger partial charge in [-0.1, -0.05) is 30.3 Å². The Morgan fingerprint density at radius 1 is 1.27 bits per heavy atom. The number of allylic oxidation sites excluding steroid dienone is 1. The number of nitrogens with one attached hydrogen (secondary N) is 1. The molecule has 0 saturated carbocycles. The lowest BCUT2D eigenvalue weighted by Gasteiger charge is -2.01. The molecule has 0 bridgehead atoms. The summed E-state index contributed by atoms with van der Waals surface area (Å²) in [5.41, 5.74) is 0.777. The summed E-state index contributed by atoms with van der Waals surface area (Å²) in [6.07, 6.45) is 2.93. The second kappa shape index (κ2) is 4.75. The molecule has 15 heavy (non-hydrogen) atoms. The Morgan fingerprint density at radius 2 is 1.87 bits per heavy atom. The molecule has 80 valence electrons. The zero-order chi connectivity index (χ0) is 11.3. The van der Waals surface area contributed by atoms with E-state index >= 15 is 0 Å². The highest BCUT2D eigenvalue weighted by atomic mass is 32.2. The van der Waals surface area contributed by atoms with Crippen LogP contribution in [0.2, 0.25) is 0 Å². The van der Waals surface area contributed by atoms with Gasteiger partial charge < -0.3 is 0 Å². The molecule has 0 spiro atoms. The van der Waals surface area contributed by atoms with E-state index in [0.717, 1.165) is 11.8 Å². The van der Waals surface area contributed by atoms with Crippen molar-refractivity contribution in [3.05, 3.63) is 41.6 Å². The molecule has 5 heteroatoms. The molecule has 0 aromatic heterocycles. The third-order valence-electron chi connectivity index (χ3n) is 1.55. The first-order valence-electron chi connectivity index (χ1n) is 4.21. The monoisotopic (exact) mass is 225 g/mol. The Bertz CT molecular complexity index is 463. The summed E-state index contributed by atoms with van der Waals surface area (Å²) in [7, 11) is -3.41. The topological polar surface area (TPSA) is 63.2 Å². The largest absolute Gasteiger partial charge is 0.296 e. The Balaban J connectivity index is 2.93. The van der Waals surface area contributed by atoms with Crippen molar-refractivity contribution >= 4 is 22.4 Å². The molecule has 0 aliphatic heterocycles. The molecule has 0 aliphatic carbocycles. The van der Waals surface area contributed by atoms with Crippen LogP contribution in [0.3, 0.4) is 0 Å². The fraction of sp³-hybridized carbons (Fsp3) is 0.100. The second-order valence-corrected chi connectivity index (χ2v) is 4.75. The number of sulfonamides is 1. The number of carbonyl (C=O) groups excluding carboxylic acids is 1. The van der Waals surface area contributed by atoms with E-state index in [1.54, 1.807) is 24.3 Å². The molecule has 1 aromatic carbocycles. The smallest absolute Gasteiger partial charge is 0.229 e. The summed E-state index contributed by atoms with van der Waals surface area (Å²) in [6.45, 7) is 0. The van der Waals surface area contributed by atoms with Crippen molar-refractivity contribution in [2.24, 2.45) is 0 Å². The van der Waals surface area contributed by atoms with Gasteiger partial charge in [0.15, 0.2) is 6.29 Å². The van der Waals surface area contributed by atoms with Crippen LogP contribution in [0.5, 0.6) is 0 Å². The highest BCUT2D eigenvalue weighted by molar-refractivity contribution is 7.88. The summed E-state index contributed by atoms with van der Waals surface area (Å²) in [5, 5.41) is 0. The minimum absolute atomic E-state index is 0.0173. The molecule has 1 aromatic rings. The lowest BCUT2D eigenvalue weighted by Crippen LogP contribution is -2.21. The molecule has 0 radical (unpaired) electrons. The third-order valence-corrected chi connectivity index (χ3v) is 2.16. The first-order chi connectivity index (χ1) is 7.01. The summed E-state index contributed by atoms with van der Waals surface area (Å²) in [6, 6.07) is 8.98. The lowest BCUT2D eigenvalue weighted by molar-refractivity contribution is -0.105. The Hall–Kier alpha value is -1.62. The highest BCUT2D eigenvalue weighted by Gasteiger charge is 2.03. The summed E-state index contributed by atoms with van der Waals surface area (Å²) < 4.78 is 23.9.